The van der Waals surface area contributed by atoms with Gasteiger partial charge in [-0.3, -0.25) is 9.59 Å². The van der Waals surface area contributed by atoms with E-state index >= 15 is 0 Å². The number of hydrogen-bond donors (Lipinski definition) is 1. The Morgan fingerprint density at radius 3 is 2.71 bits per heavy atom. The second kappa shape index (κ2) is 5.88. The average molecular weight is 286 g/mol. The van der Waals surface area contributed by atoms with Crippen molar-refractivity contribution in [2.75, 3.05) is 16.8 Å². The molecule has 3 rings (SSSR count). The molecule has 1 aromatic carbocycles. The number of carbonyl (C=O) groups excluding carboxylic acids is 2. The zero-order valence-corrected chi connectivity index (χ0v) is 12.5. The Bertz CT molecular complexity index is 564. The zero-order chi connectivity index (χ0) is 14.8. The van der Waals surface area contributed by atoms with Gasteiger partial charge < -0.3 is 10.2 Å². The fourth-order valence-corrected chi connectivity index (χ4v) is 2.95. The van der Waals surface area contributed by atoms with E-state index in [4.69, 9.17) is 0 Å². The van der Waals surface area contributed by atoms with Crippen molar-refractivity contribution in [1.29, 1.82) is 0 Å². The van der Waals surface area contributed by atoms with Crippen LogP contribution in [0, 0.1) is 12.8 Å². The molecule has 21 heavy (non-hydrogen) atoms. The maximum absolute atomic E-state index is 12.1. The van der Waals surface area contributed by atoms with Crippen molar-refractivity contribution in [2.24, 2.45) is 5.92 Å². The Labute approximate surface area is 125 Å². The van der Waals surface area contributed by atoms with Crippen molar-refractivity contribution < 1.29 is 9.59 Å². The van der Waals surface area contributed by atoms with Gasteiger partial charge in [0.1, 0.15) is 0 Å². The van der Waals surface area contributed by atoms with Crippen LogP contribution in [0.3, 0.4) is 0 Å². The summed E-state index contributed by atoms with van der Waals surface area (Å²) in [6, 6.07) is 5.84. The van der Waals surface area contributed by atoms with Gasteiger partial charge in [-0.1, -0.05) is 12.5 Å². The number of rotatable bonds is 3. The van der Waals surface area contributed by atoms with E-state index in [1.54, 1.807) is 0 Å². The van der Waals surface area contributed by atoms with Gasteiger partial charge >= 0.3 is 0 Å². The first-order chi connectivity index (χ1) is 10.1. The minimum atomic E-state index is 0.112. The predicted octanol–water partition coefficient (Wildman–Crippen LogP) is 3.25. The normalized spacial score (nSPS) is 19.3. The zero-order valence-electron chi connectivity index (χ0n) is 12.5. The van der Waals surface area contributed by atoms with Crippen LogP contribution in [0.2, 0.25) is 0 Å². The van der Waals surface area contributed by atoms with E-state index < -0.39 is 0 Å². The lowest BCUT2D eigenvalue weighted by Gasteiger charge is -2.29. The van der Waals surface area contributed by atoms with Crippen molar-refractivity contribution in [2.45, 2.75) is 45.4 Å². The first kappa shape index (κ1) is 14.1. The van der Waals surface area contributed by atoms with Gasteiger partial charge in [0.05, 0.1) is 0 Å². The molecule has 1 N–H and O–H groups in total. The van der Waals surface area contributed by atoms with Crippen LogP contribution in [-0.4, -0.2) is 18.4 Å². The van der Waals surface area contributed by atoms with Crippen LogP contribution >= 0.6 is 0 Å². The topological polar surface area (TPSA) is 49.4 Å². The molecule has 4 nitrogen and oxygen atoms in total. The second-order valence-electron chi connectivity index (χ2n) is 6.12. The molecule has 2 amide bonds. The molecule has 1 aliphatic heterocycles. The summed E-state index contributed by atoms with van der Waals surface area (Å²) in [5.41, 5.74) is 2.81. The van der Waals surface area contributed by atoms with Crippen molar-refractivity contribution in [3.8, 4) is 0 Å². The lowest BCUT2D eigenvalue weighted by atomic mass is 9.85. The molecule has 0 radical (unpaired) electrons. The number of anilines is 2. The standard InChI is InChI=1S/C17H22N2O2/c1-12-8-9-14(18-17(21)13-5-4-6-13)11-15(12)19-10-3-2-7-16(19)20/h8-9,11,13H,2-7,10H2,1H3,(H,18,21). The van der Waals surface area contributed by atoms with E-state index in [1.807, 2.05) is 30.0 Å². The Balaban J connectivity index is 1.78. The van der Waals surface area contributed by atoms with Crippen LogP contribution in [-0.2, 0) is 9.59 Å². The van der Waals surface area contributed by atoms with Crippen LogP contribution in [0.15, 0.2) is 18.2 Å². The SMILES string of the molecule is Cc1ccc(NC(=O)C2CCC2)cc1N1CCCCC1=O. The third-order valence-corrected chi connectivity index (χ3v) is 4.57. The van der Waals surface area contributed by atoms with Crippen molar-refractivity contribution in [3.63, 3.8) is 0 Å². The molecule has 0 spiro atoms. The summed E-state index contributed by atoms with van der Waals surface area (Å²) in [5.74, 6) is 0.471. The molecule has 112 valence electrons. The van der Waals surface area contributed by atoms with E-state index in [-0.39, 0.29) is 17.7 Å². The number of aryl methyl sites for hydroxylation is 1. The summed E-state index contributed by atoms with van der Waals surface area (Å²) in [6.07, 6.45) is 5.79. The first-order valence-corrected chi connectivity index (χ1v) is 7.87. The van der Waals surface area contributed by atoms with E-state index in [2.05, 4.69) is 5.32 Å². The van der Waals surface area contributed by atoms with Crippen molar-refractivity contribution >= 4 is 23.2 Å². The van der Waals surface area contributed by atoms with Gasteiger partial charge in [-0.25, -0.2) is 0 Å². The van der Waals surface area contributed by atoms with Crippen molar-refractivity contribution in [1.82, 2.24) is 0 Å². The molecule has 0 atom stereocenters. The number of nitrogens with one attached hydrogen (secondary N) is 1. The molecule has 0 unspecified atom stereocenters. The number of nitrogens with zero attached hydrogens (tertiary/aromatic N) is 1. The minimum Gasteiger partial charge on any atom is -0.326 e. The molecular weight excluding hydrogens is 264 g/mol. The fourth-order valence-electron chi connectivity index (χ4n) is 2.95. The molecule has 0 bridgehead atoms. The highest BCUT2D eigenvalue weighted by atomic mass is 16.2. The Kier molecular flexibility index (Phi) is 3.95. The largest absolute Gasteiger partial charge is 0.326 e. The van der Waals surface area contributed by atoms with Gasteiger partial charge in [-0.15, -0.1) is 0 Å². The van der Waals surface area contributed by atoms with Crippen LogP contribution in [0.5, 0.6) is 0 Å². The van der Waals surface area contributed by atoms with Crippen molar-refractivity contribution in [3.05, 3.63) is 23.8 Å². The molecule has 2 aliphatic rings. The molecule has 1 heterocycles. The number of carbonyl (C=O) groups is 2. The highest BCUT2D eigenvalue weighted by molar-refractivity contribution is 5.97. The van der Waals surface area contributed by atoms with Crippen LogP contribution < -0.4 is 10.2 Å². The average Bonchev–Trinajstić information content (AvgIpc) is 2.40. The van der Waals surface area contributed by atoms with E-state index in [0.717, 1.165) is 55.6 Å². The molecule has 1 saturated heterocycles. The monoisotopic (exact) mass is 286 g/mol. The molecule has 2 fully saturated rings. The van der Waals surface area contributed by atoms with Crippen LogP contribution in [0.4, 0.5) is 11.4 Å². The Morgan fingerprint density at radius 2 is 2.05 bits per heavy atom. The summed E-state index contributed by atoms with van der Waals surface area (Å²) in [4.78, 5) is 26.0. The number of amides is 2. The summed E-state index contributed by atoms with van der Waals surface area (Å²) in [7, 11) is 0. The number of piperidine rings is 1. The van der Waals surface area contributed by atoms with E-state index in [0.29, 0.717) is 6.42 Å². The van der Waals surface area contributed by atoms with E-state index in [1.165, 1.54) is 0 Å². The minimum absolute atomic E-state index is 0.112. The molecule has 1 saturated carbocycles. The summed E-state index contributed by atoms with van der Waals surface area (Å²) < 4.78 is 0. The highest BCUT2D eigenvalue weighted by Gasteiger charge is 2.26. The second-order valence-corrected chi connectivity index (χ2v) is 6.12. The van der Waals surface area contributed by atoms with Gasteiger partial charge in [0, 0.05) is 30.3 Å². The summed E-state index contributed by atoms with van der Waals surface area (Å²) in [6.45, 7) is 2.79. The lowest BCUT2D eigenvalue weighted by Crippen LogP contribution is -2.35. The maximum Gasteiger partial charge on any atom is 0.227 e. The van der Waals surface area contributed by atoms with Gasteiger partial charge in [-0.2, -0.15) is 0 Å². The molecule has 0 aromatic heterocycles. The predicted molar refractivity (Wildman–Crippen MR) is 83.4 cm³/mol. The third kappa shape index (κ3) is 2.94. The van der Waals surface area contributed by atoms with Gasteiger partial charge in [0.25, 0.3) is 0 Å². The number of hydrogen-bond acceptors (Lipinski definition) is 2. The van der Waals surface area contributed by atoms with Gasteiger partial charge in [-0.05, 0) is 50.3 Å². The maximum atomic E-state index is 12.1. The lowest BCUT2D eigenvalue weighted by molar-refractivity contribution is -0.122. The molecule has 1 aromatic rings. The Hall–Kier alpha value is -1.84. The number of benzene rings is 1. The third-order valence-electron chi connectivity index (χ3n) is 4.57. The quantitative estimate of drug-likeness (QED) is 0.927. The van der Waals surface area contributed by atoms with Gasteiger partial charge in [0.2, 0.25) is 11.8 Å². The van der Waals surface area contributed by atoms with Gasteiger partial charge in [0.15, 0.2) is 0 Å². The fraction of sp³-hybridized carbons (Fsp3) is 0.529. The summed E-state index contributed by atoms with van der Waals surface area (Å²) in [5, 5.41) is 2.99. The van der Waals surface area contributed by atoms with E-state index in [9.17, 15) is 9.59 Å². The summed E-state index contributed by atoms with van der Waals surface area (Å²) >= 11 is 0. The van der Waals surface area contributed by atoms with Crippen LogP contribution in [0.25, 0.3) is 0 Å². The molecule has 4 heteroatoms. The van der Waals surface area contributed by atoms with Crippen LogP contribution in [0.1, 0.15) is 44.1 Å². The first-order valence-electron chi connectivity index (χ1n) is 7.87. The smallest absolute Gasteiger partial charge is 0.227 e. The Morgan fingerprint density at radius 1 is 1.24 bits per heavy atom. The molecule has 1 aliphatic carbocycles. The molecular formula is C17H22N2O2. The highest BCUT2D eigenvalue weighted by Crippen LogP contribution is 2.30.